The lowest BCUT2D eigenvalue weighted by atomic mass is 10.1. The quantitative estimate of drug-likeness (QED) is 0.509. The summed E-state index contributed by atoms with van der Waals surface area (Å²) < 4.78 is 40.0. The minimum Gasteiger partial charge on any atom is -0.336 e. The van der Waals surface area contributed by atoms with Gasteiger partial charge in [0, 0.05) is 36.8 Å². The average molecular weight is 550 g/mol. The van der Waals surface area contributed by atoms with E-state index < -0.39 is 32.8 Å². The van der Waals surface area contributed by atoms with Gasteiger partial charge in [-0.05, 0) is 60.0 Å². The zero-order valence-electron chi connectivity index (χ0n) is 18.8. The molecule has 1 N–H and O–H groups in total. The Morgan fingerprint density at radius 2 is 1.53 bits per heavy atom. The summed E-state index contributed by atoms with van der Waals surface area (Å²) in [4.78, 5) is 41.8. The molecule has 1 aliphatic rings. The largest absolute Gasteiger partial charge is 0.336 e. The summed E-state index contributed by atoms with van der Waals surface area (Å²) in [7, 11) is -4.32. The Kier molecular flexibility index (Phi) is 7.72. The van der Waals surface area contributed by atoms with Crippen LogP contribution in [0.3, 0.4) is 0 Å². The molecular weight excluding hydrogens is 529 g/mol. The number of sulfone groups is 1. The summed E-state index contributed by atoms with van der Waals surface area (Å²) in [6.07, 6.45) is 0. The number of nitrogens with zero attached hydrogens (tertiary/aromatic N) is 2. The number of benzene rings is 2. The van der Waals surface area contributed by atoms with Gasteiger partial charge in [0.15, 0.2) is 0 Å². The van der Waals surface area contributed by atoms with Gasteiger partial charge in [-0.15, -0.1) is 11.3 Å². The number of rotatable bonds is 6. The van der Waals surface area contributed by atoms with E-state index >= 15 is 0 Å². The molecule has 0 spiro atoms. The van der Waals surface area contributed by atoms with Gasteiger partial charge in [0.2, 0.25) is 15.2 Å². The van der Waals surface area contributed by atoms with Crippen molar-refractivity contribution in [2.24, 2.45) is 0 Å². The molecule has 2 heterocycles. The fraction of sp³-hybridized carbons (Fsp3) is 0.208. The molecule has 1 aromatic heterocycles. The molecule has 4 rings (SSSR count). The van der Waals surface area contributed by atoms with Crippen LogP contribution in [0, 0.1) is 5.82 Å². The number of carbonyl (C=O) groups excluding carboxylic acids is 3. The van der Waals surface area contributed by atoms with Crippen molar-refractivity contribution >= 4 is 50.5 Å². The number of amides is 3. The van der Waals surface area contributed by atoms with E-state index in [0.717, 1.165) is 11.3 Å². The van der Waals surface area contributed by atoms with Gasteiger partial charge >= 0.3 is 0 Å². The fourth-order valence-electron chi connectivity index (χ4n) is 3.70. The van der Waals surface area contributed by atoms with Crippen molar-refractivity contribution in [2.45, 2.75) is 10.3 Å². The van der Waals surface area contributed by atoms with E-state index in [2.05, 4.69) is 5.32 Å². The van der Waals surface area contributed by atoms with E-state index in [1.54, 1.807) is 11.4 Å². The van der Waals surface area contributed by atoms with Crippen LogP contribution >= 0.6 is 22.9 Å². The lowest BCUT2D eigenvalue weighted by molar-refractivity contribution is -0.132. The Balaban J connectivity index is 1.53. The normalized spacial score (nSPS) is 14.8. The minimum atomic E-state index is -4.32. The Morgan fingerprint density at radius 3 is 2.11 bits per heavy atom. The monoisotopic (exact) mass is 549 g/mol. The van der Waals surface area contributed by atoms with Crippen molar-refractivity contribution < 1.29 is 27.2 Å². The molecule has 1 saturated heterocycles. The second-order valence-corrected chi connectivity index (χ2v) is 11.4. The number of carbonyl (C=O) groups is 3. The number of hydrogen-bond acceptors (Lipinski definition) is 6. The smallest absolute Gasteiger partial charge is 0.262 e. The van der Waals surface area contributed by atoms with Gasteiger partial charge in [0.25, 0.3) is 17.7 Å². The van der Waals surface area contributed by atoms with Crippen LogP contribution in [0.1, 0.15) is 20.0 Å². The molecule has 1 fully saturated rings. The third kappa shape index (κ3) is 5.58. The van der Waals surface area contributed by atoms with Crippen LogP contribution in [0.15, 0.2) is 70.9 Å². The third-order valence-corrected chi connectivity index (χ3v) is 8.64. The summed E-state index contributed by atoms with van der Waals surface area (Å²) in [5, 5.41) is 2.49. The Hall–Kier alpha value is -3.28. The van der Waals surface area contributed by atoms with Gasteiger partial charge in [-0.1, -0.05) is 17.7 Å². The predicted molar refractivity (Wildman–Crippen MR) is 133 cm³/mol. The molecule has 36 heavy (non-hydrogen) atoms. The van der Waals surface area contributed by atoms with Crippen LogP contribution in [-0.4, -0.2) is 67.5 Å². The van der Waals surface area contributed by atoms with Gasteiger partial charge in [0.05, 0.1) is 9.77 Å². The minimum absolute atomic E-state index is 0.0628. The fourth-order valence-corrected chi connectivity index (χ4v) is 5.92. The molecule has 3 amide bonds. The molecular formula is C24H21ClFN3O5S2. The highest BCUT2D eigenvalue weighted by Crippen LogP contribution is 2.21. The van der Waals surface area contributed by atoms with E-state index in [1.807, 2.05) is 0 Å². The third-order valence-electron chi connectivity index (χ3n) is 5.65. The second kappa shape index (κ2) is 10.8. The highest BCUT2D eigenvalue weighted by atomic mass is 35.5. The summed E-state index contributed by atoms with van der Waals surface area (Å²) >= 11 is 6.99. The Morgan fingerprint density at radius 1 is 0.917 bits per heavy atom. The lowest BCUT2D eigenvalue weighted by Crippen LogP contribution is -2.57. The van der Waals surface area contributed by atoms with Crippen LogP contribution in [0.25, 0.3) is 0 Å². The molecule has 0 radical (unpaired) electrons. The molecule has 3 aromatic rings. The SMILES string of the molecule is O=C(NC(C(=O)N1CCN(C(=O)c2ccc(F)cc2)CC1)S(=O)(=O)c1ccc(Cl)cc1)c1cccs1. The summed E-state index contributed by atoms with van der Waals surface area (Å²) in [6, 6.07) is 13.6. The molecule has 0 aliphatic carbocycles. The summed E-state index contributed by atoms with van der Waals surface area (Å²) in [6.45, 7) is 0.420. The Labute approximate surface area is 216 Å². The molecule has 12 heteroatoms. The first-order valence-corrected chi connectivity index (χ1v) is 13.6. The first-order valence-electron chi connectivity index (χ1n) is 10.8. The zero-order chi connectivity index (χ0) is 25.9. The maximum Gasteiger partial charge on any atom is 0.262 e. The number of piperazine rings is 1. The number of hydrogen-bond donors (Lipinski definition) is 1. The van der Waals surface area contributed by atoms with Crippen LogP contribution < -0.4 is 5.32 Å². The predicted octanol–water partition coefficient (Wildman–Crippen LogP) is 3.06. The highest BCUT2D eigenvalue weighted by molar-refractivity contribution is 7.92. The molecule has 1 unspecified atom stereocenters. The van der Waals surface area contributed by atoms with Crippen molar-refractivity contribution in [1.29, 1.82) is 0 Å². The number of nitrogens with one attached hydrogen (secondary N) is 1. The van der Waals surface area contributed by atoms with E-state index in [4.69, 9.17) is 11.6 Å². The molecule has 8 nitrogen and oxygen atoms in total. The number of halogens is 2. The van der Waals surface area contributed by atoms with Crippen molar-refractivity contribution in [1.82, 2.24) is 15.1 Å². The molecule has 2 aromatic carbocycles. The van der Waals surface area contributed by atoms with Crippen molar-refractivity contribution in [3.05, 3.63) is 87.3 Å². The van der Waals surface area contributed by atoms with Gasteiger partial charge in [-0.2, -0.15) is 0 Å². The number of thiophene rings is 1. The van der Waals surface area contributed by atoms with Crippen LogP contribution in [0.2, 0.25) is 5.02 Å². The van der Waals surface area contributed by atoms with Crippen molar-refractivity contribution in [3.8, 4) is 0 Å². The molecule has 1 atom stereocenters. The second-order valence-electron chi connectivity index (χ2n) is 7.95. The summed E-state index contributed by atoms with van der Waals surface area (Å²) in [5.41, 5.74) is 0.308. The molecule has 0 bridgehead atoms. The van der Waals surface area contributed by atoms with Crippen LogP contribution in [0.5, 0.6) is 0 Å². The maximum atomic E-state index is 13.4. The molecule has 188 valence electrons. The zero-order valence-corrected chi connectivity index (χ0v) is 21.2. The first kappa shape index (κ1) is 25.8. The molecule has 1 aliphatic heterocycles. The van der Waals surface area contributed by atoms with Crippen molar-refractivity contribution in [2.75, 3.05) is 26.2 Å². The van der Waals surface area contributed by atoms with Crippen LogP contribution in [-0.2, 0) is 14.6 Å². The lowest BCUT2D eigenvalue weighted by Gasteiger charge is -2.36. The van der Waals surface area contributed by atoms with Crippen LogP contribution in [0.4, 0.5) is 4.39 Å². The van der Waals surface area contributed by atoms with E-state index in [9.17, 15) is 27.2 Å². The van der Waals surface area contributed by atoms with Gasteiger partial charge < -0.3 is 15.1 Å². The topological polar surface area (TPSA) is 104 Å². The van der Waals surface area contributed by atoms with E-state index in [-0.39, 0.29) is 41.9 Å². The van der Waals surface area contributed by atoms with Gasteiger partial charge in [-0.3, -0.25) is 14.4 Å². The first-order chi connectivity index (χ1) is 17.2. The Bertz CT molecular complexity index is 1360. The van der Waals surface area contributed by atoms with E-state index in [0.29, 0.717) is 10.6 Å². The standard InChI is InChI=1S/C24H21ClFN3O5S2/c25-17-5-9-19(10-6-17)36(33,34)22(27-21(30)20-2-1-15-35-20)24(32)29-13-11-28(12-14-29)23(31)16-3-7-18(26)8-4-16/h1-10,15,22H,11-14H2,(H,27,30). The maximum absolute atomic E-state index is 13.4. The van der Waals surface area contributed by atoms with Gasteiger partial charge in [0.1, 0.15) is 5.82 Å². The average Bonchev–Trinajstić information content (AvgIpc) is 3.42. The summed E-state index contributed by atoms with van der Waals surface area (Å²) in [5.74, 6) is -2.27. The molecule has 0 saturated carbocycles. The van der Waals surface area contributed by atoms with Crippen molar-refractivity contribution in [3.63, 3.8) is 0 Å². The highest BCUT2D eigenvalue weighted by Gasteiger charge is 2.39. The van der Waals surface area contributed by atoms with Gasteiger partial charge in [-0.25, -0.2) is 12.8 Å². The van der Waals surface area contributed by atoms with E-state index in [1.165, 1.54) is 64.4 Å².